The molecule has 9 heteroatoms. The largest absolute Gasteiger partial charge is 0.494 e. The molecule has 0 saturated heterocycles. The van der Waals surface area contributed by atoms with Crippen molar-refractivity contribution in [2.45, 2.75) is 36.7 Å². The minimum Gasteiger partial charge on any atom is -0.494 e. The van der Waals surface area contributed by atoms with Gasteiger partial charge in [-0.05, 0) is 42.8 Å². The van der Waals surface area contributed by atoms with Crippen LogP contribution in [-0.4, -0.2) is 32.6 Å². The number of hydrogen-bond acceptors (Lipinski definition) is 6. The van der Waals surface area contributed by atoms with Crippen LogP contribution >= 0.6 is 23.4 Å². The number of anilines is 1. The Balaban J connectivity index is 1.65. The molecular formula is C21H22ClN5O2S. The first-order chi connectivity index (χ1) is 14.6. The van der Waals surface area contributed by atoms with Crippen LogP contribution in [0.2, 0.25) is 5.02 Å². The number of nitrogens with zero attached hydrogens (tertiary/aromatic N) is 3. The van der Waals surface area contributed by atoms with Gasteiger partial charge in [0.1, 0.15) is 11.0 Å². The molecule has 156 valence electrons. The van der Waals surface area contributed by atoms with Crippen molar-refractivity contribution in [1.82, 2.24) is 14.9 Å². The second-order valence-electron chi connectivity index (χ2n) is 6.73. The predicted molar refractivity (Wildman–Crippen MR) is 119 cm³/mol. The van der Waals surface area contributed by atoms with E-state index < -0.39 is 5.25 Å². The minimum absolute atomic E-state index is 0.138. The van der Waals surface area contributed by atoms with Crippen LogP contribution in [0, 0.1) is 0 Å². The minimum atomic E-state index is -0.455. The highest BCUT2D eigenvalue weighted by molar-refractivity contribution is 8.00. The smallest absolute Gasteiger partial charge is 0.240 e. The lowest BCUT2D eigenvalue weighted by molar-refractivity contribution is -0.116. The molecule has 0 radical (unpaired) electrons. The molecule has 7 nitrogen and oxygen atoms in total. The number of carbonyl (C=O) groups excluding carboxylic acids is 1. The van der Waals surface area contributed by atoms with Crippen LogP contribution in [0.1, 0.15) is 31.3 Å². The number of thioether (sulfide) groups is 1. The number of benzene rings is 2. The topological polar surface area (TPSA) is 81.1 Å². The maximum Gasteiger partial charge on any atom is 0.240 e. The number of fused-ring (bicyclic) bond motifs is 1. The zero-order chi connectivity index (χ0) is 21.1. The number of rotatable bonds is 6. The van der Waals surface area contributed by atoms with Gasteiger partial charge in [-0.3, -0.25) is 4.79 Å². The Morgan fingerprint density at radius 1 is 1.23 bits per heavy atom. The predicted octanol–water partition coefficient (Wildman–Crippen LogP) is 4.29. The molecular weight excluding hydrogens is 422 g/mol. The fourth-order valence-corrected chi connectivity index (χ4v) is 4.58. The Kier molecular flexibility index (Phi) is 6.15. The first-order valence-electron chi connectivity index (χ1n) is 9.75. The normalized spacial score (nSPS) is 17.7. The lowest BCUT2D eigenvalue weighted by atomic mass is 10.0. The van der Waals surface area contributed by atoms with Crippen LogP contribution in [0.3, 0.4) is 0 Å². The first kappa shape index (κ1) is 20.6. The molecule has 1 aliphatic rings. The number of hydrogen-bond donors (Lipinski definition) is 2. The second-order valence-corrected chi connectivity index (χ2v) is 8.28. The summed E-state index contributed by atoms with van der Waals surface area (Å²) < 4.78 is 7.42. The molecule has 2 unspecified atom stereocenters. The standard InChI is InChI=1S/C21H22ClN5O2S/c1-3-17-24-25-21-27(17)26-18(13-8-10-16(11-9-13)29-4-2)19(30-21)20(28)23-15-7-5-6-14(22)12-15/h5-12,18-19,26H,3-4H2,1-2H3,(H,23,28). The summed E-state index contributed by atoms with van der Waals surface area (Å²) in [5.41, 5.74) is 5.06. The van der Waals surface area contributed by atoms with E-state index in [9.17, 15) is 4.79 Å². The lowest BCUT2D eigenvalue weighted by Gasteiger charge is -2.33. The van der Waals surface area contributed by atoms with Crippen molar-refractivity contribution in [2.75, 3.05) is 17.3 Å². The van der Waals surface area contributed by atoms with E-state index in [1.54, 1.807) is 18.2 Å². The summed E-state index contributed by atoms with van der Waals surface area (Å²) >= 11 is 7.46. The van der Waals surface area contributed by atoms with E-state index in [0.29, 0.717) is 22.5 Å². The van der Waals surface area contributed by atoms with Crippen LogP contribution < -0.4 is 15.5 Å². The summed E-state index contributed by atoms with van der Waals surface area (Å²) in [6, 6.07) is 14.6. The van der Waals surface area contributed by atoms with Gasteiger partial charge in [0.2, 0.25) is 11.1 Å². The molecule has 1 amide bonds. The summed E-state index contributed by atoms with van der Waals surface area (Å²) in [6.45, 7) is 4.57. The van der Waals surface area contributed by atoms with Crippen molar-refractivity contribution in [1.29, 1.82) is 0 Å². The molecule has 2 N–H and O–H groups in total. The molecule has 0 aliphatic carbocycles. The van der Waals surface area contributed by atoms with Gasteiger partial charge in [-0.15, -0.1) is 10.2 Å². The molecule has 4 rings (SSSR count). The van der Waals surface area contributed by atoms with E-state index in [4.69, 9.17) is 16.3 Å². The first-order valence-corrected chi connectivity index (χ1v) is 11.0. The van der Waals surface area contributed by atoms with Crippen molar-refractivity contribution in [3.63, 3.8) is 0 Å². The zero-order valence-corrected chi connectivity index (χ0v) is 18.2. The number of amides is 1. The number of aromatic nitrogens is 3. The molecule has 2 atom stereocenters. The van der Waals surface area contributed by atoms with Crippen molar-refractivity contribution < 1.29 is 9.53 Å². The molecule has 1 aliphatic heterocycles. The maximum absolute atomic E-state index is 13.2. The third kappa shape index (κ3) is 4.24. The van der Waals surface area contributed by atoms with Crippen LogP contribution in [0.15, 0.2) is 53.7 Å². The Morgan fingerprint density at radius 3 is 2.73 bits per heavy atom. The van der Waals surface area contributed by atoms with E-state index >= 15 is 0 Å². The van der Waals surface area contributed by atoms with Gasteiger partial charge in [0, 0.05) is 17.1 Å². The van der Waals surface area contributed by atoms with E-state index in [1.807, 2.05) is 48.9 Å². The van der Waals surface area contributed by atoms with Gasteiger partial charge in [0.05, 0.1) is 12.6 Å². The summed E-state index contributed by atoms with van der Waals surface area (Å²) in [6.07, 6.45) is 0.732. The average molecular weight is 444 g/mol. The Bertz CT molecular complexity index is 1040. The lowest BCUT2D eigenvalue weighted by Crippen LogP contribution is -2.41. The fraction of sp³-hybridized carbons (Fsp3) is 0.286. The van der Waals surface area contributed by atoms with Crippen LogP contribution in [0.4, 0.5) is 5.69 Å². The molecule has 0 fully saturated rings. The van der Waals surface area contributed by atoms with E-state index in [-0.39, 0.29) is 11.9 Å². The molecule has 1 aromatic heterocycles. The molecule has 3 aromatic rings. The molecule has 0 bridgehead atoms. The monoisotopic (exact) mass is 443 g/mol. The summed E-state index contributed by atoms with van der Waals surface area (Å²) in [5, 5.41) is 12.2. The van der Waals surface area contributed by atoms with Gasteiger partial charge < -0.3 is 15.5 Å². The highest BCUT2D eigenvalue weighted by Gasteiger charge is 2.37. The molecule has 2 aromatic carbocycles. The quantitative estimate of drug-likeness (QED) is 0.591. The molecule has 30 heavy (non-hydrogen) atoms. The van der Waals surface area contributed by atoms with Crippen molar-refractivity contribution in [3.8, 4) is 5.75 Å². The second kappa shape index (κ2) is 8.97. The number of halogens is 1. The highest BCUT2D eigenvalue weighted by Crippen LogP contribution is 2.38. The zero-order valence-electron chi connectivity index (χ0n) is 16.6. The number of nitrogens with one attached hydrogen (secondary N) is 2. The Labute approximate surface area is 184 Å². The average Bonchev–Trinajstić information content (AvgIpc) is 3.16. The van der Waals surface area contributed by atoms with E-state index in [1.165, 1.54) is 11.8 Å². The van der Waals surface area contributed by atoms with Gasteiger partial charge in [0.25, 0.3) is 0 Å². The SMILES string of the molecule is CCOc1ccc(C2Nn3c(CC)nnc3SC2C(=O)Nc2cccc(Cl)c2)cc1. The fourth-order valence-electron chi connectivity index (χ4n) is 3.30. The van der Waals surface area contributed by atoms with Gasteiger partial charge in [0.15, 0.2) is 5.82 Å². The van der Waals surface area contributed by atoms with Crippen molar-refractivity contribution in [2.24, 2.45) is 0 Å². The summed E-state index contributed by atoms with van der Waals surface area (Å²) in [7, 11) is 0. The highest BCUT2D eigenvalue weighted by atomic mass is 35.5. The van der Waals surface area contributed by atoms with Crippen LogP contribution in [0.25, 0.3) is 0 Å². The number of ether oxygens (including phenoxy) is 1. The van der Waals surface area contributed by atoms with E-state index in [0.717, 1.165) is 23.6 Å². The molecule has 0 spiro atoms. The molecule has 2 heterocycles. The van der Waals surface area contributed by atoms with Gasteiger partial charge in [-0.1, -0.05) is 48.5 Å². The third-order valence-electron chi connectivity index (χ3n) is 4.72. The van der Waals surface area contributed by atoms with Crippen molar-refractivity contribution in [3.05, 3.63) is 64.9 Å². The van der Waals surface area contributed by atoms with Gasteiger partial charge in [-0.2, -0.15) is 0 Å². The van der Waals surface area contributed by atoms with Crippen LogP contribution in [-0.2, 0) is 11.2 Å². The Hall–Kier alpha value is -2.71. The van der Waals surface area contributed by atoms with E-state index in [2.05, 4.69) is 20.9 Å². The van der Waals surface area contributed by atoms with Crippen LogP contribution in [0.5, 0.6) is 5.75 Å². The summed E-state index contributed by atoms with van der Waals surface area (Å²) in [4.78, 5) is 13.2. The maximum atomic E-state index is 13.2. The van der Waals surface area contributed by atoms with Gasteiger partial charge >= 0.3 is 0 Å². The molecule has 0 saturated carbocycles. The summed E-state index contributed by atoms with van der Waals surface area (Å²) in [5.74, 6) is 1.48. The van der Waals surface area contributed by atoms with Gasteiger partial charge in [-0.25, -0.2) is 4.68 Å². The number of aryl methyl sites for hydroxylation is 1. The number of carbonyl (C=O) groups is 1. The van der Waals surface area contributed by atoms with Crippen molar-refractivity contribution >= 4 is 35.0 Å². The third-order valence-corrected chi connectivity index (χ3v) is 6.17. The Morgan fingerprint density at radius 2 is 2.03 bits per heavy atom.